The van der Waals surface area contributed by atoms with Gasteiger partial charge >= 0.3 is 0 Å². The number of methoxy groups -OCH3 is 1. The van der Waals surface area contributed by atoms with Gasteiger partial charge in [-0.15, -0.1) is 0 Å². The van der Waals surface area contributed by atoms with Crippen LogP contribution in [0, 0.1) is 11.6 Å². The third kappa shape index (κ3) is 4.23. The van der Waals surface area contributed by atoms with E-state index in [0.717, 1.165) is 6.07 Å². The lowest BCUT2D eigenvalue weighted by molar-refractivity contribution is 0.0192. The quantitative estimate of drug-likeness (QED) is 0.553. The van der Waals surface area contributed by atoms with E-state index in [1.165, 1.54) is 16.9 Å². The molecule has 0 aliphatic carbocycles. The number of rotatable bonds is 7. The number of amides is 2. The fraction of sp³-hybridized carbons (Fsp3) is 0.435. The smallest absolute Gasteiger partial charge is 0.278 e. The van der Waals surface area contributed by atoms with Crippen LogP contribution in [0.15, 0.2) is 29.2 Å². The molecule has 1 atom stereocenters. The Balaban J connectivity index is 1.69. The van der Waals surface area contributed by atoms with Crippen molar-refractivity contribution >= 4 is 11.8 Å². The zero-order valence-electron chi connectivity index (χ0n) is 19.3. The Morgan fingerprint density at radius 2 is 2.09 bits per heavy atom. The van der Waals surface area contributed by atoms with Crippen molar-refractivity contribution in [2.24, 2.45) is 0 Å². The van der Waals surface area contributed by atoms with Gasteiger partial charge in [-0.2, -0.15) is 0 Å². The van der Waals surface area contributed by atoms with Gasteiger partial charge in [-0.1, -0.05) is 6.07 Å². The molecule has 2 aliphatic heterocycles. The van der Waals surface area contributed by atoms with E-state index in [0.29, 0.717) is 38.7 Å². The molecule has 188 valence electrons. The lowest BCUT2D eigenvalue weighted by Crippen LogP contribution is -2.70. The fourth-order valence-corrected chi connectivity index (χ4v) is 4.50. The second kappa shape index (κ2) is 9.62. The number of likely N-dealkylation sites (N-methyl/N-ethyl adjacent to an activating group) is 1. The lowest BCUT2D eigenvalue weighted by Gasteiger charge is -2.51. The van der Waals surface area contributed by atoms with E-state index in [4.69, 9.17) is 9.47 Å². The summed E-state index contributed by atoms with van der Waals surface area (Å²) in [5.74, 6) is -3.93. The number of nitrogens with zero attached hydrogens (tertiary/aromatic N) is 3. The van der Waals surface area contributed by atoms with E-state index in [2.05, 4.69) is 5.32 Å². The number of carbonyl (C=O) groups excluding carboxylic acids is 2. The number of fused-ring (bicyclic) bond motifs is 1. The Hall–Kier alpha value is -3.51. The first-order chi connectivity index (χ1) is 16.7. The molecule has 35 heavy (non-hydrogen) atoms. The zero-order valence-corrected chi connectivity index (χ0v) is 19.3. The summed E-state index contributed by atoms with van der Waals surface area (Å²) in [5.41, 5.74) is -2.61. The first kappa shape index (κ1) is 24.6. The third-order valence-electron chi connectivity index (χ3n) is 6.45. The van der Waals surface area contributed by atoms with Gasteiger partial charge in [0.1, 0.15) is 17.2 Å². The minimum Gasteiger partial charge on any atom is -0.502 e. The predicted octanol–water partition coefficient (Wildman–Crippen LogP) is 0.939. The van der Waals surface area contributed by atoms with Gasteiger partial charge in [0.05, 0.1) is 13.2 Å². The van der Waals surface area contributed by atoms with Gasteiger partial charge in [0.15, 0.2) is 17.1 Å². The topological polar surface area (TPSA) is 113 Å². The van der Waals surface area contributed by atoms with E-state index in [9.17, 15) is 28.3 Å². The highest BCUT2D eigenvalue weighted by molar-refractivity contribution is 5.99. The molecule has 1 fully saturated rings. The van der Waals surface area contributed by atoms with Gasteiger partial charge < -0.3 is 24.8 Å². The van der Waals surface area contributed by atoms with Gasteiger partial charge in [0.25, 0.3) is 11.8 Å². The molecule has 2 amide bonds. The maximum absolute atomic E-state index is 13.9. The van der Waals surface area contributed by atoms with E-state index >= 15 is 0 Å². The van der Waals surface area contributed by atoms with Crippen molar-refractivity contribution in [2.45, 2.75) is 25.0 Å². The fourth-order valence-electron chi connectivity index (χ4n) is 4.50. The molecule has 2 aliphatic rings. The first-order valence-electron chi connectivity index (χ1n) is 11.0. The molecule has 1 unspecified atom stereocenters. The second-order valence-corrected chi connectivity index (χ2v) is 8.44. The number of carbonyl (C=O) groups is 2. The summed E-state index contributed by atoms with van der Waals surface area (Å²) in [6.45, 7) is 1.000. The molecule has 12 heteroatoms. The van der Waals surface area contributed by atoms with Gasteiger partial charge in [0.2, 0.25) is 5.43 Å². The number of pyridine rings is 1. The number of hydrogen-bond donors (Lipinski definition) is 2. The third-order valence-corrected chi connectivity index (χ3v) is 6.45. The summed E-state index contributed by atoms with van der Waals surface area (Å²) in [5, 5.41) is 14.8. The predicted molar refractivity (Wildman–Crippen MR) is 120 cm³/mol. The summed E-state index contributed by atoms with van der Waals surface area (Å²) in [4.78, 5) is 40.7. The molecule has 10 nitrogen and oxygen atoms in total. The van der Waals surface area contributed by atoms with Crippen LogP contribution in [0.5, 0.6) is 5.75 Å². The molecule has 2 N–H and O–H groups in total. The van der Waals surface area contributed by atoms with E-state index in [1.807, 2.05) is 0 Å². The minimum atomic E-state index is -1.04. The number of hydrogen-bond acceptors (Lipinski definition) is 7. The lowest BCUT2D eigenvalue weighted by atomic mass is 10.0. The molecule has 1 aromatic carbocycles. The number of halogens is 2. The normalized spacial score (nSPS) is 19.4. The molecular formula is C23H26F2N4O6. The largest absolute Gasteiger partial charge is 0.502 e. The van der Waals surface area contributed by atoms with E-state index < -0.39 is 45.9 Å². The van der Waals surface area contributed by atoms with Crippen molar-refractivity contribution in [2.75, 3.05) is 45.5 Å². The Bertz CT molecular complexity index is 1210. The van der Waals surface area contributed by atoms with E-state index in [-0.39, 0.29) is 24.4 Å². The van der Waals surface area contributed by atoms with Crippen molar-refractivity contribution in [1.82, 2.24) is 14.9 Å². The maximum atomic E-state index is 13.9. The summed E-state index contributed by atoms with van der Waals surface area (Å²) in [6, 6.07) is 2.91. The number of benzene rings is 1. The second-order valence-electron chi connectivity index (χ2n) is 8.44. The van der Waals surface area contributed by atoms with Crippen molar-refractivity contribution in [3.05, 3.63) is 63.1 Å². The van der Waals surface area contributed by atoms with Gasteiger partial charge in [-0.25, -0.2) is 8.78 Å². The molecule has 0 saturated carbocycles. The van der Waals surface area contributed by atoms with Crippen LogP contribution in [0.4, 0.5) is 8.78 Å². The Morgan fingerprint density at radius 3 is 2.74 bits per heavy atom. The number of aromatic nitrogens is 1. The Kier molecular flexibility index (Phi) is 6.77. The molecule has 0 radical (unpaired) electrons. The molecule has 3 heterocycles. The van der Waals surface area contributed by atoms with Crippen LogP contribution in [0.25, 0.3) is 0 Å². The van der Waals surface area contributed by atoms with Crippen molar-refractivity contribution < 1.29 is 33.0 Å². The van der Waals surface area contributed by atoms with Crippen LogP contribution in [0.3, 0.4) is 0 Å². The average Bonchev–Trinajstić information content (AvgIpc) is 3.31. The molecule has 4 rings (SSSR count). The monoisotopic (exact) mass is 492 g/mol. The van der Waals surface area contributed by atoms with Crippen LogP contribution >= 0.6 is 0 Å². The molecule has 2 aromatic rings. The van der Waals surface area contributed by atoms with Crippen LogP contribution in [0.2, 0.25) is 0 Å². The number of aromatic hydroxyl groups is 1. The minimum absolute atomic E-state index is 0.0167. The van der Waals surface area contributed by atoms with Crippen LogP contribution < -0.4 is 15.8 Å². The van der Waals surface area contributed by atoms with Gasteiger partial charge in [0, 0.05) is 58.1 Å². The molecular weight excluding hydrogens is 466 g/mol. The molecule has 1 saturated heterocycles. The Labute approximate surface area is 199 Å². The highest BCUT2D eigenvalue weighted by atomic mass is 19.1. The molecule has 0 bridgehead atoms. The van der Waals surface area contributed by atoms with Gasteiger partial charge in [-0.3, -0.25) is 24.1 Å². The average molecular weight is 492 g/mol. The highest BCUT2D eigenvalue weighted by Crippen LogP contribution is 2.36. The van der Waals surface area contributed by atoms with Gasteiger partial charge in [-0.05, 0) is 12.5 Å². The molecule has 1 spiro atoms. The van der Waals surface area contributed by atoms with Crippen molar-refractivity contribution in [3.63, 3.8) is 0 Å². The molecule has 1 aromatic heterocycles. The van der Waals surface area contributed by atoms with Crippen molar-refractivity contribution in [3.8, 4) is 5.75 Å². The SMILES string of the molecule is COCCCN1C(=O)c2c(O)c(=O)c(C(=O)NCc3ccc(F)cc3F)cn2N(C)C12CCOC2. The standard InChI is InChI=1S/C23H26F2N4O6/c1-27-23(6-9-35-13-23)28(7-3-8-34-2)22(33)18-20(31)19(30)16(12-29(18)27)21(32)26-11-14-4-5-15(24)10-17(14)25/h4-5,10,12,31H,3,6-9,11,13H2,1-2H3,(H,26,32). The summed E-state index contributed by atoms with van der Waals surface area (Å²) in [6.07, 6.45) is 2.18. The highest BCUT2D eigenvalue weighted by Gasteiger charge is 2.52. The van der Waals surface area contributed by atoms with Crippen molar-refractivity contribution in [1.29, 1.82) is 0 Å². The van der Waals surface area contributed by atoms with Crippen LogP contribution in [0.1, 0.15) is 39.3 Å². The Morgan fingerprint density at radius 1 is 1.31 bits per heavy atom. The maximum Gasteiger partial charge on any atom is 0.278 e. The number of ether oxygens (including phenoxy) is 2. The summed E-state index contributed by atoms with van der Waals surface area (Å²) in [7, 11) is 3.23. The van der Waals surface area contributed by atoms with Crippen LogP contribution in [-0.4, -0.2) is 72.7 Å². The summed E-state index contributed by atoms with van der Waals surface area (Å²) >= 11 is 0. The number of nitrogens with one attached hydrogen (secondary N) is 1. The first-order valence-corrected chi connectivity index (χ1v) is 11.0. The zero-order chi connectivity index (χ0) is 25.3. The van der Waals surface area contributed by atoms with E-state index in [1.54, 1.807) is 24.1 Å². The summed E-state index contributed by atoms with van der Waals surface area (Å²) < 4.78 is 39.0. The van der Waals surface area contributed by atoms with Crippen LogP contribution in [-0.2, 0) is 16.0 Å².